The third-order valence-corrected chi connectivity index (χ3v) is 5.44. The fraction of sp³-hybridized carbons (Fsp3) is 0.0909. The maximum atomic E-state index is 13.3. The number of fused-ring (bicyclic) bond motifs is 1. The molecule has 0 spiro atoms. The van der Waals surface area contributed by atoms with Crippen molar-refractivity contribution in [2.75, 3.05) is 0 Å². The Kier molecular flexibility index (Phi) is 5.16. The number of benzene rings is 2. The minimum Gasteiger partial charge on any atom is -0.505 e. The standard InChI is InChI=1S/C22H15Cl2FN2O/c23-19-8-4-14(10-20(19)24)18(11-16-6-5-15(25)12-27-16)17-7-3-13-2-1-9-26-21(13)22(17)28/h1-10,12,18,28H,11H2. The fourth-order valence-electron chi connectivity index (χ4n) is 3.30. The first kappa shape index (κ1) is 18.7. The van der Waals surface area contributed by atoms with E-state index < -0.39 is 5.82 Å². The van der Waals surface area contributed by atoms with Gasteiger partial charge in [0.1, 0.15) is 17.1 Å². The van der Waals surface area contributed by atoms with Crippen LogP contribution in [0.4, 0.5) is 4.39 Å². The Morgan fingerprint density at radius 1 is 0.964 bits per heavy atom. The van der Waals surface area contributed by atoms with E-state index in [-0.39, 0.29) is 11.7 Å². The molecule has 0 radical (unpaired) electrons. The molecule has 0 aliphatic rings. The molecule has 1 N–H and O–H groups in total. The van der Waals surface area contributed by atoms with Crippen molar-refractivity contribution in [1.29, 1.82) is 0 Å². The summed E-state index contributed by atoms with van der Waals surface area (Å²) in [6.07, 6.45) is 3.27. The zero-order valence-corrected chi connectivity index (χ0v) is 16.1. The van der Waals surface area contributed by atoms with E-state index in [1.807, 2.05) is 30.3 Å². The number of phenolic OH excluding ortho intramolecular Hbond substituents is 1. The van der Waals surface area contributed by atoms with Crippen LogP contribution in [0.25, 0.3) is 10.9 Å². The number of phenols is 1. The molecule has 140 valence electrons. The minimum absolute atomic E-state index is 0.108. The van der Waals surface area contributed by atoms with Gasteiger partial charge in [-0.1, -0.05) is 47.5 Å². The van der Waals surface area contributed by atoms with Crippen LogP contribution in [-0.2, 0) is 6.42 Å². The predicted octanol–water partition coefficient (Wildman–Crippen LogP) is 6.16. The molecule has 0 fully saturated rings. The highest BCUT2D eigenvalue weighted by Gasteiger charge is 2.22. The Morgan fingerprint density at radius 2 is 1.82 bits per heavy atom. The summed E-state index contributed by atoms with van der Waals surface area (Å²) in [5.74, 6) is -0.553. The first-order chi connectivity index (χ1) is 13.5. The maximum absolute atomic E-state index is 13.3. The molecule has 6 heteroatoms. The highest BCUT2D eigenvalue weighted by Crippen LogP contribution is 2.39. The van der Waals surface area contributed by atoms with Gasteiger partial charge >= 0.3 is 0 Å². The Labute approximate surface area is 171 Å². The van der Waals surface area contributed by atoms with Crippen molar-refractivity contribution < 1.29 is 9.50 Å². The van der Waals surface area contributed by atoms with Gasteiger partial charge in [-0.05, 0) is 35.9 Å². The summed E-state index contributed by atoms with van der Waals surface area (Å²) in [6, 6.07) is 15.9. The molecule has 0 saturated carbocycles. The quantitative estimate of drug-likeness (QED) is 0.436. The molecule has 2 aromatic carbocycles. The molecule has 0 amide bonds. The van der Waals surface area contributed by atoms with Crippen molar-refractivity contribution in [2.24, 2.45) is 0 Å². The van der Waals surface area contributed by atoms with E-state index in [0.717, 1.165) is 10.9 Å². The number of hydrogen-bond acceptors (Lipinski definition) is 3. The summed E-state index contributed by atoms with van der Waals surface area (Å²) in [4.78, 5) is 8.48. The molecule has 28 heavy (non-hydrogen) atoms. The van der Waals surface area contributed by atoms with E-state index in [0.29, 0.717) is 33.2 Å². The van der Waals surface area contributed by atoms with Crippen LogP contribution >= 0.6 is 23.2 Å². The lowest BCUT2D eigenvalue weighted by Crippen LogP contribution is -2.07. The molecule has 3 nitrogen and oxygen atoms in total. The maximum Gasteiger partial charge on any atom is 0.145 e. The number of nitrogens with zero attached hydrogens (tertiary/aromatic N) is 2. The van der Waals surface area contributed by atoms with Crippen LogP contribution in [0.2, 0.25) is 10.0 Å². The average molecular weight is 413 g/mol. The van der Waals surface area contributed by atoms with E-state index in [2.05, 4.69) is 9.97 Å². The molecule has 4 aromatic rings. The molecule has 1 atom stereocenters. The minimum atomic E-state index is -0.396. The number of hydrogen-bond donors (Lipinski definition) is 1. The summed E-state index contributed by atoms with van der Waals surface area (Å²) < 4.78 is 13.3. The van der Waals surface area contributed by atoms with Crippen LogP contribution in [0.3, 0.4) is 0 Å². The summed E-state index contributed by atoms with van der Waals surface area (Å²) in [5, 5.41) is 12.6. The summed E-state index contributed by atoms with van der Waals surface area (Å²) in [7, 11) is 0. The zero-order chi connectivity index (χ0) is 19.7. The third-order valence-electron chi connectivity index (χ3n) is 4.70. The summed E-state index contributed by atoms with van der Waals surface area (Å²) in [5.41, 5.74) is 2.77. The van der Waals surface area contributed by atoms with Crippen molar-refractivity contribution >= 4 is 34.1 Å². The average Bonchev–Trinajstić information content (AvgIpc) is 2.71. The van der Waals surface area contributed by atoms with Crippen LogP contribution in [-0.4, -0.2) is 15.1 Å². The summed E-state index contributed by atoms with van der Waals surface area (Å²) >= 11 is 12.3. The van der Waals surface area contributed by atoms with Crippen LogP contribution in [0.1, 0.15) is 22.7 Å². The number of rotatable bonds is 4. The first-order valence-electron chi connectivity index (χ1n) is 8.65. The molecule has 2 aromatic heterocycles. The van der Waals surface area contributed by atoms with Crippen LogP contribution in [0.15, 0.2) is 67.0 Å². The molecular formula is C22H15Cl2FN2O. The SMILES string of the molecule is Oc1c(C(Cc2ccc(F)cn2)c2ccc(Cl)c(Cl)c2)ccc2cccnc12. The van der Waals surface area contributed by atoms with E-state index in [9.17, 15) is 9.50 Å². The van der Waals surface area contributed by atoms with Crippen molar-refractivity contribution in [2.45, 2.75) is 12.3 Å². The molecule has 0 aliphatic carbocycles. The smallest absolute Gasteiger partial charge is 0.145 e. The normalized spacial score (nSPS) is 12.2. The van der Waals surface area contributed by atoms with Gasteiger partial charge in [-0.2, -0.15) is 0 Å². The van der Waals surface area contributed by atoms with E-state index in [1.54, 1.807) is 24.4 Å². The van der Waals surface area contributed by atoms with Gasteiger partial charge in [-0.25, -0.2) is 4.39 Å². The lowest BCUT2D eigenvalue weighted by atomic mass is 9.86. The highest BCUT2D eigenvalue weighted by atomic mass is 35.5. The Balaban J connectivity index is 1.85. The molecule has 4 rings (SSSR count). The monoisotopic (exact) mass is 412 g/mol. The van der Waals surface area contributed by atoms with Gasteiger partial charge < -0.3 is 5.11 Å². The zero-order valence-electron chi connectivity index (χ0n) is 14.6. The van der Waals surface area contributed by atoms with Crippen molar-refractivity contribution in [1.82, 2.24) is 9.97 Å². The Bertz CT molecular complexity index is 1150. The largest absolute Gasteiger partial charge is 0.505 e. The van der Waals surface area contributed by atoms with Crippen molar-refractivity contribution in [3.63, 3.8) is 0 Å². The van der Waals surface area contributed by atoms with Crippen molar-refractivity contribution in [3.8, 4) is 5.75 Å². The van der Waals surface area contributed by atoms with E-state index in [4.69, 9.17) is 23.2 Å². The molecule has 0 bridgehead atoms. The number of halogens is 3. The van der Waals surface area contributed by atoms with Gasteiger partial charge in [0.2, 0.25) is 0 Å². The van der Waals surface area contributed by atoms with Gasteiger partial charge in [-0.15, -0.1) is 0 Å². The van der Waals surface area contributed by atoms with E-state index >= 15 is 0 Å². The number of aromatic hydroxyl groups is 1. The topological polar surface area (TPSA) is 46.0 Å². The lowest BCUT2D eigenvalue weighted by Gasteiger charge is -2.20. The summed E-state index contributed by atoms with van der Waals surface area (Å²) in [6.45, 7) is 0. The molecule has 1 unspecified atom stereocenters. The molecule has 2 heterocycles. The van der Waals surface area contributed by atoms with Crippen LogP contribution < -0.4 is 0 Å². The van der Waals surface area contributed by atoms with Gasteiger partial charge in [0.25, 0.3) is 0 Å². The van der Waals surface area contributed by atoms with Crippen molar-refractivity contribution in [3.05, 3.63) is 99.7 Å². The van der Waals surface area contributed by atoms with Gasteiger partial charge in [0.15, 0.2) is 0 Å². The Hall–Kier alpha value is -2.69. The molecule has 0 aliphatic heterocycles. The lowest BCUT2D eigenvalue weighted by molar-refractivity contribution is 0.469. The van der Waals surface area contributed by atoms with Gasteiger partial charge in [-0.3, -0.25) is 9.97 Å². The molecular weight excluding hydrogens is 398 g/mol. The van der Waals surface area contributed by atoms with Crippen LogP contribution in [0, 0.1) is 5.82 Å². The third kappa shape index (κ3) is 3.66. The van der Waals surface area contributed by atoms with E-state index in [1.165, 1.54) is 12.3 Å². The van der Waals surface area contributed by atoms with Gasteiger partial charge in [0.05, 0.1) is 16.2 Å². The first-order valence-corrected chi connectivity index (χ1v) is 9.40. The highest BCUT2D eigenvalue weighted by molar-refractivity contribution is 6.42. The number of pyridine rings is 2. The number of aromatic nitrogens is 2. The van der Waals surface area contributed by atoms with Crippen LogP contribution in [0.5, 0.6) is 5.75 Å². The fourth-order valence-corrected chi connectivity index (χ4v) is 3.61. The predicted molar refractivity (Wildman–Crippen MR) is 110 cm³/mol. The van der Waals surface area contributed by atoms with Gasteiger partial charge in [0, 0.05) is 35.2 Å². The Morgan fingerprint density at radius 3 is 2.57 bits per heavy atom. The second kappa shape index (κ2) is 7.74. The second-order valence-electron chi connectivity index (χ2n) is 6.48. The second-order valence-corrected chi connectivity index (χ2v) is 7.29. The molecule has 0 saturated heterocycles.